The molecule has 0 fully saturated rings. The van der Waals surface area contributed by atoms with E-state index >= 15 is 0 Å². The molecule has 0 aliphatic rings. The minimum Gasteiger partial charge on any atom is -0.355 e. The molecule has 1 atom stereocenters. The van der Waals surface area contributed by atoms with Gasteiger partial charge in [0.2, 0.25) is 0 Å². The second-order valence-electron chi connectivity index (χ2n) is 5.61. The number of rotatable bonds is 7. The first kappa shape index (κ1) is 19.8. The molecule has 23 heavy (non-hydrogen) atoms. The number of hydrogen-bond donors (Lipinski definition) is 2. The highest BCUT2D eigenvalue weighted by molar-refractivity contribution is 7.11. The van der Waals surface area contributed by atoms with E-state index in [-0.39, 0.29) is 6.04 Å². The molecule has 0 amide bonds. The minimum atomic E-state index is -4.16. The van der Waals surface area contributed by atoms with Gasteiger partial charge in [-0.05, 0) is 33.0 Å². The average Bonchev–Trinajstić information content (AvgIpc) is 2.80. The summed E-state index contributed by atoms with van der Waals surface area (Å²) in [7, 11) is 3.10. The van der Waals surface area contributed by atoms with Crippen LogP contribution in [-0.4, -0.2) is 56.8 Å². The number of nitrogens with one attached hydrogen (secondary N) is 2. The van der Waals surface area contributed by atoms with Gasteiger partial charge in [-0.3, -0.25) is 9.89 Å². The molecule has 4 nitrogen and oxygen atoms in total. The Labute approximate surface area is 139 Å². The molecular formula is C15H25F3N4S. The third-order valence-electron chi connectivity index (χ3n) is 3.15. The quantitative estimate of drug-likeness (QED) is 0.587. The van der Waals surface area contributed by atoms with E-state index in [1.807, 2.05) is 0 Å². The van der Waals surface area contributed by atoms with Crippen LogP contribution >= 0.6 is 11.3 Å². The van der Waals surface area contributed by atoms with E-state index in [4.69, 9.17) is 0 Å². The van der Waals surface area contributed by atoms with E-state index in [2.05, 4.69) is 41.6 Å². The lowest BCUT2D eigenvalue weighted by atomic mass is 10.2. The Kier molecular flexibility index (Phi) is 7.84. The molecule has 1 aromatic rings. The maximum atomic E-state index is 12.2. The van der Waals surface area contributed by atoms with Crippen LogP contribution in [0.1, 0.15) is 16.7 Å². The predicted molar refractivity (Wildman–Crippen MR) is 90.3 cm³/mol. The zero-order valence-electron chi connectivity index (χ0n) is 14.0. The molecule has 8 heteroatoms. The van der Waals surface area contributed by atoms with Crippen molar-refractivity contribution in [1.29, 1.82) is 0 Å². The molecule has 0 saturated heterocycles. The van der Waals surface area contributed by atoms with Gasteiger partial charge in [-0.1, -0.05) is 0 Å². The zero-order chi connectivity index (χ0) is 17.5. The molecule has 0 aliphatic carbocycles. The molecule has 0 bridgehead atoms. The second kappa shape index (κ2) is 9.12. The summed E-state index contributed by atoms with van der Waals surface area (Å²) in [6.07, 6.45) is -3.28. The molecule has 1 rings (SSSR count). The van der Waals surface area contributed by atoms with Gasteiger partial charge >= 0.3 is 6.18 Å². The van der Waals surface area contributed by atoms with Crippen molar-refractivity contribution in [3.05, 3.63) is 21.9 Å². The Morgan fingerprint density at radius 2 is 2.09 bits per heavy atom. The van der Waals surface area contributed by atoms with E-state index in [1.165, 1.54) is 21.7 Å². The van der Waals surface area contributed by atoms with Crippen LogP contribution in [0.4, 0.5) is 13.2 Å². The highest BCUT2D eigenvalue weighted by atomic mass is 32.1. The second-order valence-corrected chi connectivity index (χ2v) is 6.99. The number of halogens is 3. The molecule has 132 valence electrons. The Hall–Kier alpha value is -1.28. The first-order chi connectivity index (χ1) is 10.7. The summed E-state index contributed by atoms with van der Waals surface area (Å²) in [6.45, 7) is 3.91. The lowest BCUT2D eigenvalue weighted by molar-refractivity contribution is -0.142. The largest absolute Gasteiger partial charge is 0.401 e. The Morgan fingerprint density at radius 1 is 1.39 bits per heavy atom. The Bertz CT molecular complexity index is 499. The molecule has 2 N–H and O–H groups in total. The highest BCUT2D eigenvalue weighted by Crippen LogP contribution is 2.16. The summed E-state index contributed by atoms with van der Waals surface area (Å²) in [5.41, 5.74) is 0. The summed E-state index contributed by atoms with van der Waals surface area (Å²) in [4.78, 5) is 7.91. The van der Waals surface area contributed by atoms with Gasteiger partial charge in [0.1, 0.15) is 0 Å². The number of guanidine groups is 1. The van der Waals surface area contributed by atoms with Crippen LogP contribution in [0, 0.1) is 6.92 Å². The van der Waals surface area contributed by atoms with Crippen LogP contribution < -0.4 is 10.6 Å². The van der Waals surface area contributed by atoms with Crippen molar-refractivity contribution in [2.75, 3.05) is 33.7 Å². The van der Waals surface area contributed by atoms with Crippen molar-refractivity contribution in [3.63, 3.8) is 0 Å². The normalized spacial score (nSPS) is 14.2. The molecule has 0 aliphatic heterocycles. The Morgan fingerprint density at radius 3 is 2.61 bits per heavy atom. The molecule has 1 heterocycles. The fourth-order valence-corrected chi connectivity index (χ4v) is 3.15. The molecular weight excluding hydrogens is 325 g/mol. The summed E-state index contributed by atoms with van der Waals surface area (Å²) in [5, 5.41) is 6.29. The van der Waals surface area contributed by atoms with Crippen LogP contribution in [0.5, 0.6) is 0 Å². The van der Waals surface area contributed by atoms with Crippen molar-refractivity contribution in [1.82, 2.24) is 15.5 Å². The van der Waals surface area contributed by atoms with Gasteiger partial charge in [-0.25, -0.2) is 0 Å². The average molecular weight is 350 g/mol. The molecule has 0 radical (unpaired) electrons. The van der Waals surface area contributed by atoms with Gasteiger partial charge < -0.3 is 10.6 Å². The van der Waals surface area contributed by atoms with Crippen molar-refractivity contribution in [3.8, 4) is 0 Å². The summed E-state index contributed by atoms with van der Waals surface area (Å²) >= 11 is 1.76. The third kappa shape index (κ3) is 8.80. The minimum absolute atomic E-state index is 0.187. The van der Waals surface area contributed by atoms with Crippen molar-refractivity contribution < 1.29 is 13.2 Å². The lowest BCUT2D eigenvalue weighted by Gasteiger charge is -2.21. The lowest BCUT2D eigenvalue weighted by Crippen LogP contribution is -2.45. The van der Waals surface area contributed by atoms with Crippen LogP contribution in [0.25, 0.3) is 0 Å². The SMILES string of the molecule is CN=C(NCCN(C)CC(F)(F)F)NC(C)Cc1ccc(C)s1. The highest BCUT2D eigenvalue weighted by Gasteiger charge is 2.28. The Balaban J connectivity index is 2.31. The molecule has 0 spiro atoms. The van der Waals surface area contributed by atoms with Gasteiger partial charge in [0, 0.05) is 42.4 Å². The first-order valence-corrected chi connectivity index (χ1v) is 8.29. The predicted octanol–water partition coefficient (Wildman–Crippen LogP) is 2.65. The fraction of sp³-hybridized carbons (Fsp3) is 0.667. The van der Waals surface area contributed by atoms with E-state index in [9.17, 15) is 13.2 Å². The van der Waals surface area contributed by atoms with Gasteiger partial charge in [0.15, 0.2) is 5.96 Å². The van der Waals surface area contributed by atoms with Crippen LogP contribution in [-0.2, 0) is 6.42 Å². The summed E-state index contributed by atoms with van der Waals surface area (Å²) in [6, 6.07) is 4.39. The van der Waals surface area contributed by atoms with Crippen molar-refractivity contribution >= 4 is 17.3 Å². The maximum Gasteiger partial charge on any atom is 0.401 e. The molecule has 1 aromatic heterocycles. The standard InChI is InChI=1S/C15H25F3N4S/c1-11(9-13-6-5-12(2)23-13)21-14(19-3)20-7-8-22(4)10-15(16,17)18/h5-6,11H,7-10H2,1-4H3,(H2,19,20,21). The number of nitrogens with zero attached hydrogens (tertiary/aromatic N) is 2. The van der Waals surface area contributed by atoms with E-state index in [0.29, 0.717) is 19.0 Å². The van der Waals surface area contributed by atoms with Crippen LogP contribution in [0.2, 0.25) is 0 Å². The number of aryl methyl sites for hydroxylation is 1. The smallest absolute Gasteiger partial charge is 0.355 e. The van der Waals surface area contributed by atoms with E-state index < -0.39 is 12.7 Å². The zero-order valence-corrected chi connectivity index (χ0v) is 14.8. The fourth-order valence-electron chi connectivity index (χ4n) is 2.13. The summed E-state index contributed by atoms with van der Waals surface area (Å²) in [5.74, 6) is 0.603. The van der Waals surface area contributed by atoms with Crippen molar-refractivity contribution in [2.45, 2.75) is 32.5 Å². The maximum absolute atomic E-state index is 12.2. The number of hydrogen-bond acceptors (Lipinski definition) is 3. The summed E-state index contributed by atoms with van der Waals surface area (Å²) < 4.78 is 36.7. The molecule has 0 saturated carbocycles. The van der Waals surface area contributed by atoms with Crippen molar-refractivity contribution in [2.24, 2.45) is 4.99 Å². The van der Waals surface area contributed by atoms with Gasteiger partial charge in [0.05, 0.1) is 6.54 Å². The monoisotopic (exact) mass is 350 g/mol. The van der Waals surface area contributed by atoms with Gasteiger partial charge in [-0.15, -0.1) is 11.3 Å². The number of alkyl halides is 3. The number of likely N-dealkylation sites (N-methyl/N-ethyl adjacent to an activating group) is 1. The topological polar surface area (TPSA) is 39.7 Å². The molecule has 1 unspecified atom stereocenters. The van der Waals surface area contributed by atoms with Gasteiger partial charge in [0.25, 0.3) is 0 Å². The first-order valence-electron chi connectivity index (χ1n) is 7.47. The third-order valence-corrected chi connectivity index (χ3v) is 4.17. The number of aliphatic imine (C=N–C) groups is 1. The van der Waals surface area contributed by atoms with Crippen LogP contribution in [0.15, 0.2) is 17.1 Å². The van der Waals surface area contributed by atoms with E-state index in [0.717, 1.165) is 6.42 Å². The molecule has 0 aromatic carbocycles. The van der Waals surface area contributed by atoms with E-state index in [1.54, 1.807) is 18.4 Å². The van der Waals surface area contributed by atoms with Gasteiger partial charge in [-0.2, -0.15) is 13.2 Å². The number of thiophene rings is 1. The van der Waals surface area contributed by atoms with Crippen LogP contribution in [0.3, 0.4) is 0 Å².